The zero-order valence-electron chi connectivity index (χ0n) is 18.4. The molecule has 1 aliphatic heterocycles. The molecular weight excluding hydrogens is 399 g/mol. The molecule has 0 bridgehead atoms. The van der Waals surface area contributed by atoms with E-state index in [9.17, 15) is 4.39 Å². The van der Waals surface area contributed by atoms with Gasteiger partial charge in [0, 0.05) is 30.9 Å². The predicted molar refractivity (Wildman–Crippen MR) is 127 cm³/mol. The van der Waals surface area contributed by atoms with E-state index in [1.165, 1.54) is 17.2 Å². The molecule has 0 aliphatic carbocycles. The lowest BCUT2D eigenvalue weighted by Gasteiger charge is -2.37. The van der Waals surface area contributed by atoms with Crippen LogP contribution in [0.1, 0.15) is 43.2 Å². The second kappa shape index (κ2) is 9.27. The van der Waals surface area contributed by atoms with Gasteiger partial charge in [0.05, 0.1) is 12.3 Å². The number of hydrogen-bond donors (Lipinski definition) is 0. The molecule has 32 heavy (non-hydrogen) atoms. The molecule has 4 heteroatoms. The first-order valence-electron chi connectivity index (χ1n) is 11.4. The third kappa shape index (κ3) is 4.47. The van der Waals surface area contributed by atoms with Crippen LogP contribution < -0.4 is 0 Å². The number of aromatic nitrogens is 1. The number of nitrogens with zero attached hydrogens (tertiary/aromatic N) is 2. The van der Waals surface area contributed by atoms with Crippen LogP contribution in [0.2, 0.25) is 0 Å². The van der Waals surface area contributed by atoms with Gasteiger partial charge in [-0.1, -0.05) is 60.7 Å². The lowest BCUT2D eigenvalue weighted by atomic mass is 10.00. The summed E-state index contributed by atoms with van der Waals surface area (Å²) in [6, 6.07) is 26.0. The van der Waals surface area contributed by atoms with E-state index < -0.39 is 0 Å². The zero-order valence-corrected chi connectivity index (χ0v) is 18.4. The first kappa shape index (κ1) is 20.9. The summed E-state index contributed by atoms with van der Waals surface area (Å²) in [5.74, 6) is -0.188. The summed E-state index contributed by atoms with van der Waals surface area (Å²) in [5, 5.41) is 2.02. The summed E-state index contributed by atoms with van der Waals surface area (Å²) in [7, 11) is 0. The molecule has 2 heterocycles. The van der Waals surface area contributed by atoms with Gasteiger partial charge in [0.25, 0.3) is 0 Å². The highest BCUT2D eigenvalue weighted by molar-refractivity contribution is 5.82. The molecule has 0 radical (unpaired) electrons. The largest absolute Gasteiger partial charge is 0.365 e. The molecule has 1 saturated heterocycles. The first-order chi connectivity index (χ1) is 15.7. The maximum atomic E-state index is 13.6. The molecule has 164 valence electrons. The van der Waals surface area contributed by atoms with Gasteiger partial charge in [-0.2, -0.15) is 0 Å². The van der Waals surface area contributed by atoms with Gasteiger partial charge in [-0.15, -0.1) is 0 Å². The SMILES string of the molecule is CC(N1CCC(OC(c2ccccc2)c2ccccc2)CC1)n1cc2ccc(F)cc2c1. The molecule has 5 rings (SSSR count). The van der Waals surface area contributed by atoms with Crippen LogP contribution in [-0.2, 0) is 4.74 Å². The molecule has 1 unspecified atom stereocenters. The summed E-state index contributed by atoms with van der Waals surface area (Å²) in [6.45, 7) is 4.17. The highest BCUT2D eigenvalue weighted by Crippen LogP contribution is 2.31. The lowest BCUT2D eigenvalue weighted by Crippen LogP contribution is -2.40. The van der Waals surface area contributed by atoms with Gasteiger partial charge in [0.1, 0.15) is 11.9 Å². The van der Waals surface area contributed by atoms with Crippen molar-refractivity contribution < 1.29 is 9.13 Å². The molecule has 0 saturated carbocycles. The van der Waals surface area contributed by atoms with E-state index in [0.717, 1.165) is 36.7 Å². The molecular formula is C28H29FN2O. The molecule has 1 aromatic heterocycles. The normalized spacial score (nSPS) is 16.6. The van der Waals surface area contributed by atoms with Crippen molar-refractivity contribution in [3.05, 3.63) is 108 Å². The Balaban J connectivity index is 1.26. The summed E-state index contributed by atoms with van der Waals surface area (Å²) in [4.78, 5) is 2.48. The minimum Gasteiger partial charge on any atom is -0.365 e. The second-order valence-electron chi connectivity index (χ2n) is 8.68. The molecule has 4 aromatic rings. The van der Waals surface area contributed by atoms with Crippen LogP contribution in [-0.4, -0.2) is 28.7 Å². The van der Waals surface area contributed by atoms with Crippen molar-refractivity contribution in [2.75, 3.05) is 13.1 Å². The standard InChI is InChI=1S/C28H29FN2O/c1-21(31-19-24-12-13-26(29)18-25(24)20-31)30-16-14-27(15-17-30)32-28(22-8-4-2-5-9-22)23-10-6-3-7-11-23/h2-13,18-21,27-28H,14-17H2,1H3. The maximum Gasteiger partial charge on any atom is 0.123 e. The van der Waals surface area contributed by atoms with E-state index in [1.54, 1.807) is 6.07 Å². The number of benzene rings is 3. The summed E-state index contributed by atoms with van der Waals surface area (Å²) < 4.78 is 22.4. The monoisotopic (exact) mass is 428 g/mol. The summed E-state index contributed by atoms with van der Waals surface area (Å²) in [5.41, 5.74) is 2.39. The average Bonchev–Trinajstić information content (AvgIpc) is 3.27. The number of halogens is 1. The Labute approximate surface area is 189 Å². The molecule has 1 atom stereocenters. The fraction of sp³-hybridized carbons (Fsp3) is 0.286. The number of fused-ring (bicyclic) bond motifs is 1. The third-order valence-electron chi connectivity index (χ3n) is 6.59. The average molecular weight is 429 g/mol. The van der Waals surface area contributed by atoms with Crippen LogP contribution in [0, 0.1) is 5.82 Å². The topological polar surface area (TPSA) is 17.4 Å². The van der Waals surface area contributed by atoms with E-state index in [1.807, 2.05) is 24.4 Å². The maximum absolute atomic E-state index is 13.6. The van der Waals surface area contributed by atoms with Gasteiger partial charge < -0.3 is 9.30 Å². The summed E-state index contributed by atoms with van der Waals surface area (Å²) >= 11 is 0. The molecule has 3 nitrogen and oxygen atoms in total. The highest BCUT2D eigenvalue weighted by Gasteiger charge is 2.27. The Kier molecular flexibility index (Phi) is 6.06. The molecule has 0 spiro atoms. The second-order valence-corrected chi connectivity index (χ2v) is 8.68. The Morgan fingerprint density at radius 2 is 1.41 bits per heavy atom. The van der Waals surface area contributed by atoms with Crippen LogP contribution in [0.4, 0.5) is 4.39 Å². The number of rotatable bonds is 6. The molecule has 0 amide bonds. The minimum atomic E-state index is -0.188. The fourth-order valence-corrected chi connectivity index (χ4v) is 4.72. The minimum absolute atomic E-state index is 0.0454. The zero-order chi connectivity index (χ0) is 21.9. The molecule has 1 aliphatic rings. The van der Waals surface area contributed by atoms with Gasteiger partial charge >= 0.3 is 0 Å². The fourth-order valence-electron chi connectivity index (χ4n) is 4.72. The Hall–Kier alpha value is -2.95. The van der Waals surface area contributed by atoms with E-state index in [4.69, 9.17) is 4.74 Å². The van der Waals surface area contributed by atoms with Gasteiger partial charge in [0.2, 0.25) is 0 Å². The number of likely N-dealkylation sites (tertiary alicyclic amines) is 1. The Bertz CT molecular complexity index is 1110. The number of piperidine rings is 1. The first-order valence-corrected chi connectivity index (χ1v) is 11.4. The lowest BCUT2D eigenvalue weighted by molar-refractivity contribution is -0.0379. The van der Waals surface area contributed by atoms with Crippen LogP contribution in [0.15, 0.2) is 91.3 Å². The smallest absolute Gasteiger partial charge is 0.123 e. The number of hydrogen-bond acceptors (Lipinski definition) is 2. The van der Waals surface area contributed by atoms with Crippen molar-refractivity contribution in [2.24, 2.45) is 0 Å². The van der Waals surface area contributed by atoms with Crippen molar-refractivity contribution in [3.63, 3.8) is 0 Å². The predicted octanol–water partition coefficient (Wildman–Crippen LogP) is 6.57. The third-order valence-corrected chi connectivity index (χ3v) is 6.59. The van der Waals surface area contributed by atoms with Crippen molar-refractivity contribution in [1.82, 2.24) is 9.47 Å². The Morgan fingerprint density at radius 1 is 0.812 bits per heavy atom. The molecule has 3 aromatic carbocycles. The van der Waals surface area contributed by atoms with Crippen LogP contribution in [0.5, 0.6) is 0 Å². The quantitative estimate of drug-likeness (QED) is 0.346. The summed E-state index contributed by atoms with van der Waals surface area (Å²) in [6.07, 6.45) is 6.56. The molecule has 1 fully saturated rings. The van der Waals surface area contributed by atoms with E-state index >= 15 is 0 Å². The highest BCUT2D eigenvalue weighted by atomic mass is 19.1. The van der Waals surface area contributed by atoms with Gasteiger partial charge in [-0.05, 0) is 54.5 Å². The van der Waals surface area contributed by atoms with E-state index in [2.05, 4.69) is 71.1 Å². The van der Waals surface area contributed by atoms with Crippen LogP contribution in [0.3, 0.4) is 0 Å². The van der Waals surface area contributed by atoms with E-state index in [0.29, 0.717) is 0 Å². The van der Waals surface area contributed by atoms with Crippen LogP contribution >= 0.6 is 0 Å². The Morgan fingerprint density at radius 3 is 2.03 bits per heavy atom. The van der Waals surface area contributed by atoms with Crippen molar-refractivity contribution >= 4 is 10.8 Å². The van der Waals surface area contributed by atoms with Crippen LogP contribution in [0.25, 0.3) is 10.8 Å². The van der Waals surface area contributed by atoms with Crippen molar-refractivity contribution in [3.8, 4) is 0 Å². The van der Waals surface area contributed by atoms with Crippen molar-refractivity contribution in [2.45, 2.75) is 38.1 Å². The molecule has 0 N–H and O–H groups in total. The van der Waals surface area contributed by atoms with E-state index in [-0.39, 0.29) is 24.2 Å². The van der Waals surface area contributed by atoms with Gasteiger partial charge in [0.15, 0.2) is 0 Å². The van der Waals surface area contributed by atoms with Gasteiger partial charge in [-0.3, -0.25) is 4.90 Å². The van der Waals surface area contributed by atoms with Gasteiger partial charge in [-0.25, -0.2) is 4.39 Å². The number of ether oxygens (including phenoxy) is 1. The van der Waals surface area contributed by atoms with Crippen molar-refractivity contribution in [1.29, 1.82) is 0 Å².